The lowest BCUT2D eigenvalue weighted by Gasteiger charge is -2.17. The predicted molar refractivity (Wildman–Crippen MR) is 118 cm³/mol. The summed E-state index contributed by atoms with van der Waals surface area (Å²) >= 11 is 0. The normalized spacial score (nSPS) is 16.8. The average Bonchev–Trinajstić information content (AvgIpc) is 3.20. The number of hydrogen-bond acceptors (Lipinski definition) is 7. The van der Waals surface area contributed by atoms with Crippen molar-refractivity contribution in [3.8, 4) is 11.5 Å². The molecule has 0 saturated carbocycles. The average molecular weight is 400 g/mol. The van der Waals surface area contributed by atoms with E-state index in [2.05, 4.69) is 46.3 Å². The number of nitrogens with one attached hydrogen (secondary N) is 2. The Labute approximate surface area is 173 Å². The standard InChI is InChI=1S/C22H33N5O2/c1-6-27-10-9-16(13-27)14-29-20-11-17(7-8-19(20)28-5)24-22-25-18(15(2)3)12-21(23-4)26-22/h7-8,11-12,15-16H,6,9-10,13-14H2,1-5H3,(H2,23,24,25,26)/t16-/m1/s1. The minimum Gasteiger partial charge on any atom is -0.493 e. The molecule has 0 amide bonds. The van der Waals surface area contributed by atoms with Gasteiger partial charge >= 0.3 is 0 Å². The topological polar surface area (TPSA) is 71.5 Å². The van der Waals surface area contributed by atoms with Gasteiger partial charge in [-0.2, -0.15) is 4.98 Å². The van der Waals surface area contributed by atoms with Crippen molar-refractivity contribution in [2.24, 2.45) is 5.92 Å². The van der Waals surface area contributed by atoms with Gasteiger partial charge in [0.25, 0.3) is 0 Å². The van der Waals surface area contributed by atoms with Gasteiger partial charge in [0, 0.05) is 37.3 Å². The first-order chi connectivity index (χ1) is 14.0. The third-order valence-corrected chi connectivity index (χ3v) is 5.31. The van der Waals surface area contributed by atoms with Crippen LogP contribution in [0, 0.1) is 5.92 Å². The second kappa shape index (κ2) is 9.78. The Morgan fingerprint density at radius 1 is 1.21 bits per heavy atom. The molecule has 2 aromatic rings. The fourth-order valence-corrected chi connectivity index (χ4v) is 3.49. The zero-order valence-electron chi connectivity index (χ0n) is 18.2. The van der Waals surface area contributed by atoms with Crippen molar-refractivity contribution in [3.05, 3.63) is 30.0 Å². The van der Waals surface area contributed by atoms with Crippen molar-refractivity contribution in [1.29, 1.82) is 0 Å². The van der Waals surface area contributed by atoms with Gasteiger partial charge in [0.05, 0.1) is 19.4 Å². The lowest BCUT2D eigenvalue weighted by Crippen LogP contribution is -2.21. The van der Waals surface area contributed by atoms with E-state index in [-0.39, 0.29) is 0 Å². The summed E-state index contributed by atoms with van der Waals surface area (Å²) < 4.78 is 11.6. The first kappa shape index (κ1) is 21.2. The number of anilines is 3. The zero-order valence-corrected chi connectivity index (χ0v) is 18.2. The van der Waals surface area contributed by atoms with Crippen LogP contribution in [0.2, 0.25) is 0 Å². The summed E-state index contributed by atoms with van der Waals surface area (Å²) in [7, 11) is 3.52. The molecule has 0 spiro atoms. The molecule has 158 valence electrons. The van der Waals surface area contributed by atoms with Crippen molar-refractivity contribution in [3.63, 3.8) is 0 Å². The molecule has 3 rings (SSSR count). The van der Waals surface area contributed by atoms with Gasteiger partial charge in [-0.15, -0.1) is 0 Å². The van der Waals surface area contributed by atoms with E-state index in [0.29, 0.717) is 24.4 Å². The van der Waals surface area contributed by atoms with E-state index in [4.69, 9.17) is 9.47 Å². The highest BCUT2D eigenvalue weighted by atomic mass is 16.5. The van der Waals surface area contributed by atoms with Gasteiger partial charge in [0.2, 0.25) is 5.95 Å². The van der Waals surface area contributed by atoms with Gasteiger partial charge in [-0.3, -0.25) is 0 Å². The van der Waals surface area contributed by atoms with Crippen molar-refractivity contribution >= 4 is 17.5 Å². The Morgan fingerprint density at radius 2 is 2.03 bits per heavy atom. The van der Waals surface area contributed by atoms with Crippen LogP contribution in [0.1, 0.15) is 38.8 Å². The fourth-order valence-electron chi connectivity index (χ4n) is 3.49. The number of ether oxygens (including phenoxy) is 2. The highest BCUT2D eigenvalue weighted by molar-refractivity contribution is 5.60. The van der Waals surface area contributed by atoms with E-state index in [9.17, 15) is 0 Å². The molecule has 0 radical (unpaired) electrons. The molecule has 1 aromatic heterocycles. The van der Waals surface area contributed by atoms with Gasteiger partial charge in [0.15, 0.2) is 11.5 Å². The lowest BCUT2D eigenvalue weighted by molar-refractivity contribution is 0.234. The van der Waals surface area contributed by atoms with Crippen molar-refractivity contribution in [1.82, 2.24) is 14.9 Å². The van der Waals surface area contributed by atoms with Crippen LogP contribution in [0.3, 0.4) is 0 Å². The van der Waals surface area contributed by atoms with Crippen LogP contribution in [0.5, 0.6) is 11.5 Å². The largest absolute Gasteiger partial charge is 0.493 e. The molecule has 2 heterocycles. The van der Waals surface area contributed by atoms with Gasteiger partial charge in [0.1, 0.15) is 5.82 Å². The van der Waals surface area contributed by atoms with E-state index in [0.717, 1.165) is 48.3 Å². The Bertz CT molecular complexity index is 812. The van der Waals surface area contributed by atoms with Crippen LogP contribution in [-0.2, 0) is 0 Å². The van der Waals surface area contributed by atoms with Crippen LogP contribution < -0.4 is 20.1 Å². The van der Waals surface area contributed by atoms with Gasteiger partial charge in [-0.25, -0.2) is 4.98 Å². The first-order valence-corrected chi connectivity index (χ1v) is 10.4. The first-order valence-electron chi connectivity index (χ1n) is 10.4. The van der Waals surface area contributed by atoms with Crippen LogP contribution in [0.15, 0.2) is 24.3 Å². The fraction of sp³-hybridized carbons (Fsp3) is 0.545. The molecule has 1 aliphatic rings. The molecule has 1 aliphatic heterocycles. The maximum Gasteiger partial charge on any atom is 0.229 e. The quantitative estimate of drug-likeness (QED) is 0.657. The molecular weight excluding hydrogens is 366 g/mol. The minimum atomic E-state index is 0.314. The smallest absolute Gasteiger partial charge is 0.229 e. The van der Waals surface area contributed by atoms with E-state index >= 15 is 0 Å². The third kappa shape index (κ3) is 5.50. The summed E-state index contributed by atoms with van der Waals surface area (Å²) in [6.45, 7) is 10.5. The van der Waals surface area contributed by atoms with Crippen LogP contribution in [0.4, 0.5) is 17.5 Å². The molecule has 0 aliphatic carbocycles. The van der Waals surface area contributed by atoms with Gasteiger partial charge in [-0.1, -0.05) is 20.8 Å². The van der Waals surface area contributed by atoms with E-state index in [1.54, 1.807) is 7.11 Å². The lowest BCUT2D eigenvalue weighted by atomic mass is 10.1. The number of likely N-dealkylation sites (tertiary alicyclic amines) is 1. The van der Waals surface area contributed by atoms with E-state index in [1.807, 2.05) is 31.3 Å². The summed E-state index contributed by atoms with van der Waals surface area (Å²) in [5.41, 5.74) is 1.85. The highest BCUT2D eigenvalue weighted by Gasteiger charge is 2.22. The van der Waals surface area contributed by atoms with E-state index < -0.39 is 0 Å². The molecule has 1 aromatic carbocycles. The summed E-state index contributed by atoms with van der Waals surface area (Å²) in [6.07, 6.45) is 1.18. The van der Waals surface area contributed by atoms with Crippen LogP contribution in [0.25, 0.3) is 0 Å². The number of nitrogens with zero attached hydrogens (tertiary/aromatic N) is 3. The number of rotatable bonds is 9. The Kier molecular flexibility index (Phi) is 7.14. The zero-order chi connectivity index (χ0) is 20.8. The van der Waals surface area contributed by atoms with Crippen molar-refractivity contribution < 1.29 is 9.47 Å². The SMILES string of the molecule is CCN1CC[C@@H](COc2cc(Nc3nc(NC)cc(C(C)C)n3)ccc2OC)C1. The number of hydrogen-bond donors (Lipinski definition) is 2. The maximum absolute atomic E-state index is 6.15. The molecule has 29 heavy (non-hydrogen) atoms. The Morgan fingerprint density at radius 3 is 2.69 bits per heavy atom. The maximum atomic E-state index is 6.15. The van der Waals surface area contributed by atoms with E-state index in [1.165, 1.54) is 6.42 Å². The molecule has 1 saturated heterocycles. The monoisotopic (exact) mass is 399 g/mol. The molecule has 7 heteroatoms. The van der Waals surface area contributed by atoms with Crippen LogP contribution >= 0.6 is 0 Å². The minimum absolute atomic E-state index is 0.314. The summed E-state index contributed by atoms with van der Waals surface area (Å²) in [6, 6.07) is 7.79. The molecule has 0 bridgehead atoms. The molecular formula is C22H33N5O2. The third-order valence-electron chi connectivity index (χ3n) is 5.31. The molecule has 1 fully saturated rings. The number of methoxy groups -OCH3 is 1. The molecule has 2 N–H and O–H groups in total. The number of aromatic nitrogens is 2. The van der Waals surface area contributed by atoms with Gasteiger partial charge in [-0.05, 0) is 37.6 Å². The van der Waals surface area contributed by atoms with Crippen molar-refractivity contribution in [2.45, 2.75) is 33.1 Å². The highest BCUT2D eigenvalue weighted by Crippen LogP contribution is 2.32. The molecule has 0 unspecified atom stereocenters. The predicted octanol–water partition coefficient (Wildman–Crippen LogP) is 4.11. The summed E-state index contributed by atoms with van der Waals surface area (Å²) in [5, 5.41) is 6.40. The molecule has 1 atom stereocenters. The Hall–Kier alpha value is -2.54. The summed E-state index contributed by atoms with van der Waals surface area (Å²) in [5.74, 6) is 3.69. The Balaban J connectivity index is 1.74. The van der Waals surface area contributed by atoms with Gasteiger partial charge < -0.3 is 25.0 Å². The summed E-state index contributed by atoms with van der Waals surface area (Å²) in [4.78, 5) is 11.6. The van der Waals surface area contributed by atoms with Crippen molar-refractivity contribution in [2.75, 3.05) is 51.0 Å². The second-order valence-corrected chi connectivity index (χ2v) is 7.76. The number of benzene rings is 1. The second-order valence-electron chi connectivity index (χ2n) is 7.76. The molecule has 7 nitrogen and oxygen atoms in total. The van der Waals surface area contributed by atoms with Crippen LogP contribution in [-0.4, -0.2) is 55.3 Å².